The van der Waals surface area contributed by atoms with Gasteiger partial charge in [-0.25, -0.2) is 4.79 Å². The summed E-state index contributed by atoms with van der Waals surface area (Å²) >= 11 is 0. The second-order valence-electron chi connectivity index (χ2n) is 8.59. The molecule has 1 rings (SSSR count). The first-order valence-corrected chi connectivity index (χ1v) is 11.1. The maximum Gasteiger partial charge on any atom is 0.329 e. The van der Waals surface area contributed by atoms with E-state index in [1.165, 1.54) is 13.0 Å². The van der Waals surface area contributed by atoms with E-state index in [2.05, 4.69) is 22.5 Å². The smallest absolute Gasteiger partial charge is 0.329 e. The topological polar surface area (TPSA) is 134 Å². The third-order valence-electron chi connectivity index (χ3n) is 5.42. The van der Waals surface area contributed by atoms with Crippen molar-refractivity contribution in [2.24, 2.45) is 17.8 Å². The Kier molecular flexibility index (Phi) is 11.1. The molecule has 0 spiro atoms. The Hall–Kier alpha value is -2.68. The van der Waals surface area contributed by atoms with Gasteiger partial charge in [0.2, 0.25) is 17.7 Å². The van der Waals surface area contributed by atoms with Crippen LogP contribution in [-0.4, -0.2) is 53.6 Å². The van der Waals surface area contributed by atoms with Crippen LogP contribution in [0, 0.1) is 17.8 Å². The van der Waals surface area contributed by atoms with E-state index in [0.717, 1.165) is 12.5 Å². The van der Waals surface area contributed by atoms with Crippen molar-refractivity contribution < 1.29 is 29.0 Å². The number of hydrogen-bond acceptors (Lipinski definition) is 6. The highest BCUT2D eigenvalue weighted by Gasteiger charge is 2.38. The molecular weight excluding hydrogens is 414 g/mol. The van der Waals surface area contributed by atoms with E-state index in [0.29, 0.717) is 6.42 Å². The van der Waals surface area contributed by atoms with E-state index < -0.39 is 47.8 Å². The molecule has 1 heterocycles. The van der Waals surface area contributed by atoms with Crippen LogP contribution in [0.2, 0.25) is 0 Å². The second-order valence-corrected chi connectivity index (χ2v) is 8.59. The fourth-order valence-corrected chi connectivity index (χ4v) is 3.58. The number of esters is 1. The van der Waals surface area contributed by atoms with Crippen LogP contribution in [0.1, 0.15) is 53.9 Å². The molecule has 0 fully saturated rings. The average molecular weight is 452 g/mol. The van der Waals surface area contributed by atoms with Crippen LogP contribution in [-0.2, 0) is 23.9 Å². The third kappa shape index (κ3) is 8.11. The Morgan fingerprint density at radius 2 is 1.75 bits per heavy atom. The molecule has 0 aromatic carbocycles. The fraction of sp³-hybridized carbons (Fsp3) is 0.652. The molecule has 9 nitrogen and oxygen atoms in total. The first-order valence-electron chi connectivity index (χ1n) is 11.1. The quantitative estimate of drug-likeness (QED) is 0.448. The van der Waals surface area contributed by atoms with Crippen molar-refractivity contribution in [3.05, 3.63) is 24.4 Å². The molecule has 0 bridgehead atoms. The van der Waals surface area contributed by atoms with Crippen molar-refractivity contribution in [2.75, 3.05) is 6.61 Å². The summed E-state index contributed by atoms with van der Waals surface area (Å²) in [6.07, 6.45) is 3.25. The van der Waals surface area contributed by atoms with Crippen LogP contribution in [0.5, 0.6) is 0 Å². The number of ether oxygens (including phenoxy) is 1. The van der Waals surface area contributed by atoms with Gasteiger partial charge in [0.05, 0.1) is 5.92 Å². The number of allylic oxidation sites excluding steroid dienone is 1. The van der Waals surface area contributed by atoms with Gasteiger partial charge in [0.1, 0.15) is 18.2 Å². The van der Waals surface area contributed by atoms with Gasteiger partial charge in [-0.05, 0) is 37.7 Å². The van der Waals surface area contributed by atoms with E-state index in [1.807, 2.05) is 13.8 Å². The van der Waals surface area contributed by atoms with Crippen LogP contribution in [0.25, 0.3) is 0 Å². The molecule has 0 unspecified atom stereocenters. The summed E-state index contributed by atoms with van der Waals surface area (Å²) in [7, 11) is 0. The zero-order valence-corrected chi connectivity index (χ0v) is 19.6. The molecule has 1 aliphatic heterocycles. The molecular formula is C23H37N3O6. The van der Waals surface area contributed by atoms with Crippen LogP contribution in [0.15, 0.2) is 24.4 Å². The molecule has 32 heavy (non-hydrogen) atoms. The average Bonchev–Trinajstić information content (AvgIpc) is 2.71. The number of hydrogen-bond donors (Lipinski definition) is 4. The van der Waals surface area contributed by atoms with Gasteiger partial charge < -0.3 is 25.8 Å². The number of aliphatic hydroxyl groups is 1. The SMILES string of the molecule is C=C1/C=C/C(=O)N[C@@H](C)C(=O)N[C@H](C(C)C)C(=O)O[C@@H]([C@H](C)CCC)[C@H](CCO)C(=O)N1. The minimum atomic E-state index is -0.966. The summed E-state index contributed by atoms with van der Waals surface area (Å²) in [5.41, 5.74) is 0.161. The number of aliphatic hydroxyl groups excluding tert-OH is 1. The molecule has 0 saturated carbocycles. The number of nitrogens with one attached hydrogen (secondary N) is 3. The summed E-state index contributed by atoms with van der Waals surface area (Å²) < 4.78 is 5.83. The van der Waals surface area contributed by atoms with Gasteiger partial charge in [0.25, 0.3) is 0 Å². The van der Waals surface area contributed by atoms with Gasteiger partial charge in [-0.3, -0.25) is 14.4 Å². The molecule has 1 aliphatic rings. The standard InChI is InChI=1S/C23H37N3O6/c1-7-8-14(4)20-17(11-12-27)22(30)24-15(5)9-10-18(28)25-16(6)21(29)26-19(13(2)3)23(31)32-20/h9-10,13-14,16-17,19-20,27H,5,7-8,11-12H2,1-4,6H3,(H,24,30)(H,25,28)(H,26,29)/b10-9+/t14-,16+,17+,19-,20+/m1/s1. The number of carbonyl (C=O) groups is 4. The second kappa shape index (κ2) is 13.0. The number of carbonyl (C=O) groups excluding carboxylic acids is 4. The van der Waals surface area contributed by atoms with Crippen molar-refractivity contribution in [1.82, 2.24) is 16.0 Å². The lowest BCUT2D eigenvalue weighted by atomic mass is 9.86. The molecule has 4 N–H and O–H groups in total. The van der Waals surface area contributed by atoms with Crippen LogP contribution >= 0.6 is 0 Å². The maximum absolute atomic E-state index is 13.1. The van der Waals surface area contributed by atoms with E-state index in [-0.39, 0.29) is 30.6 Å². The molecule has 5 atom stereocenters. The van der Waals surface area contributed by atoms with Gasteiger partial charge in [0, 0.05) is 18.4 Å². The third-order valence-corrected chi connectivity index (χ3v) is 5.42. The zero-order valence-electron chi connectivity index (χ0n) is 19.6. The number of amides is 3. The van der Waals surface area contributed by atoms with Gasteiger partial charge >= 0.3 is 5.97 Å². The fourth-order valence-electron chi connectivity index (χ4n) is 3.58. The van der Waals surface area contributed by atoms with Crippen molar-refractivity contribution in [3.8, 4) is 0 Å². The number of rotatable bonds is 6. The van der Waals surface area contributed by atoms with Crippen LogP contribution in [0.4, 0.5) is 0 Å². The molecule has 9 heteroatoms. The van der Waals surface area contributed by atoms with E-state index in [1.54, 1.807) is 13.8 Å². The maximum atomic E-state index is 13.1. The van der Waals surface area contributed by atoms with Crippen molar-refractivity contribution in [3.63, 3.8) is 0 Å². The van der Waals surface area contributed by atoms with E-state index in [9.17, 15) is 24.3 Å². The Morgan fingerprint density at radius 3 is 2.31 bits per heavy atom. The number of cyclic esters (lactones) is 1. The van der Waals surface area contributed by atoms with Crippen molar-refractivity contribution in [2.45, 2.75) is 72.1 Å². The molecule has 3 amide bonds. The minimum Gasteiger partial charge on any atom is -0.460 e. The molecule has 0 aromatic heterocycles. The highest BCUT2D eigenvalue weighted by molar-refractivity contribution is 5.94. The Balaban J connectivity index is 3.42. The predicted molar refractivity (Wildman–Crippen MR) is 120 cm³/mol. The van der Waals surface area contributed by atoms with Gasteiger partial charge in [-0.15, -0.1) is 0 Å². The highest BCUT2D eigenvalue weighted by Crippen LogP contribution is 2.26. The molecule has 180 valence electrons. The molecule has 0 radical (unpaired) electrons. The highest BCUT2D eigenvalue weighted by atomic mass is 16.5. The lowest BCUT2D eigenvalue weighted by Crippen LogP contribution is -2.53. The summed E-state index contributed by atoms with van der Waals surface area (Å²) in [5, 5.41) is 17.3. The Bertz CT molecular complexity index is 733. The predicted octanol–water partition coefficient (Wildman–Crippen LogP) is 1.18. The summed E-state index contributed by atoms with van der Waals surface area (Å²) in [5.74, 6) is -3.52. The lowest BCUT2D eigenvalue weighted by Gasteiger charge is -2.33. The van der Waals surface area contributed by atoms with Gasteiger partial charge in [-0.2, -0.15) is 0 Å². The first kappa shape index (κ1) is 27.4. The summed E-state index contributed by atoms with van der Waals surface area (Å²) in [4.78, 5) is 50.8. The van der Waals surface area contributed by atoms with Crippen molar-refractivity contribution in [1.29, 1.82) is 0 Å². The van der Waals surface area contributed by atoms with Crippen LogP contribution < -0.4 is 16.0 Å². The zero-order chi connectivity index (χ0) is 24.4. The monoisotopic (exact) mass is 451 g/mol. The minimum absolute atomic E-state index is 0.0745. The summed E-state index contributed by atoms with van der Waals surface area (Å²) in [6.45, 7) is 12.3. The largest absolute Gasteiger partial charge is 0.460 e. The van der Waals surface area contributed by atoms with E-state index >= 15 is 0 Å². The van der Waals surface area contributed by atoms with Gasteiger partial charge in [0.15, 0.2) is 0 Å². The Morgan fingerprint density at radius 1 is 1.09 bits per heavy atom. The van der Waals surface area contributed by atoms with Crippen molar-refractivity contribution >= 4 is 23.7 Å². The molecule has 0 aliphatic carbocycles. The first-order chi connectivity index (χ1) is 15.0. The Labute approximate surface area is 190 Å². The molecule has 0 saturated heterocycles. The molecule has 0 aromatic rings. The van der Waals surface area contributed by atoms with Crippen LogP contribution in [0.3, 0.4) is 0 Å². The lowest BCUT2D eigenvalue weighted by molar-refractivity contribution is -0.162. The summed E-state index contributed by atoms with van der Waals surface area (Å²) in [6, 6.07) is -1.86. The normalized spacial score (nSPS) is 28.0. The van der Waals surface area contributed by atoms with E-state index in [4.69, 9.17) is 4.74 Å². The van der Waals surface area contributed by atoms with Gasteiger partial charge in [-0.1, -0.05) is 40.7 Å².